The van der Waals surface area contributed by atoms with E-state index in [1.165, 1.54) is 0 Å². The molecule has 1 amide bonds. The molecule has 1 heterocycles. The van der Waals surface area contributed by atoms with E-state index in [1.807, 2.05) is 18.7 Å². The van der Waals surface area contributed by atoms with Crippen LogP contribution in [-0.2, 0) is 14.3 Å². The second-order valence-corrected chi connectivity index (χ2v) is 5.93. The van der Waals surface area contributed by atoms with Crippen LogP contribution in [0, 0.1) is 11.8 Å². The van der Waals surface area contributed by atoms with Gasteiger partial charge in [0.1, 0.15) is 0 Å². The molecule has 2 atom stereocenters. The molecule has 1 rings (SSSR count). The average Bonchev–Trinajstić information content (AvgIpc) is 2.39. The highest BCUT2D eigenvalue weighted by atomic mass is 16.5. The Morgan fingerprint density at radius 1 is 1.35 bits per heavy atom. The molecule has 1 N–H and O–H groups in total. The van der Waals surface area contributed by atoms with Gasteiger partial charge in [-0.25, -0.2) is 0 Å². The van der Waals surface area contributed by atoms with Crippen LogP contribution in [0.2, 0.25) is 0 Å². The van der Waals surface area contributed by atoms with Gasteiger partial charge in [0.2, 0.25) is 5.91 Å². The largest absolute Gasteiger partial charge is 0.466 e. The lowest BCUT2D eigenvalue weighted by Gasteiger charge is -2.31. The minimum atomic E-state index is -0.131. The van der Waals surface area contributed by atoms with E-state index >= 15 is 0 Å². The number of esters is 1. The number of amides is 1. The summed E-state index contributed by atoms with van der Waals surface area (Å²) >= 11 is 0. The first-order valence-corrected chi connectivity index (χ1v) is 7.62. The van der Waals surface area contributed by atoms with Crippen molar-refractivity contribution in [3.63, 3.8) is 0 Å². The van der Waals surface area contributed by atoms with Gasteiger partial charge in [-0.05, 0) is 39.2 Å². The quantitative estimate of drug-likeness (QED) is 0.750. The summed E-state index contributed by atoms with van der Waals surface area (Å²) in [6, 6.07) is 0.174. The number of likely N-dealkylation sites (tertiary alicyclic amines) is 1. The van der Waals surface area contributed by atoms with Gasteiger partial charge in [-0.15, -0.1) is 0 Å². The summed E-state index contributed by atoms with van der Waals surface area (Å²) < 4.78 is 5.06. The summed E-state index contributed by atoms with van der Waals surface area (Å²) in [6.45, 7) is 10.3. The zero-order chi connectivity index (χ0) is 15.1. The van der Waals surface area contributed by atoms with E-state index < -0.39 is 0 Å². The third kappa shape index (κ3) is 5.49. The van der Waals surface area contributed by atoms with Gasteiger partial charge in [0.25, 0.3) is 0 Å². The fourth-order valence-electron chi connectivity index (χ4n) is 2.32. The smallest absolute Gasteiger partial charge is 0.310 e. The van der Waals surface area contributed by atoms with E-state index in [0.717, 1.165) is 19.4 Å². The second-order valence-electron chi connectivity index (χ2n) is 5.93. The van der Waals surface area contributed by atoms with Crippen molar-refractivity contribution in [2.24, 2.45) is 11.8 Å². The van der Waals surface area contributed by atoms with E-state index in [0.29, 0.717) is 25.6 Å². The number of nitrogens with zero attached hydrogens (tertiary/aromatic N) is 1. The number of hydrogen-bond donors (Lipinski definition) is 1. The Hall–Kier alpha value is -1.10. The van der Waals surface area contributed by atoms with E-state index in [9.17, 15) is 9.59 Å². The Morgan fingerprint density at radius 3 is 2.65 bits per heavy atom. The van der Waals surface area contributed by atoms with Crippen LogP contribution in [0.1, 0.15) is 40.5 Å². The zero-order valence-electron chi connectivity index (χ0n) is 13.1. The molecule has 1 fully saturated rings. The van der Waals surface area contributed by atoms with Gasteiger partial charge in [0.05, 0.1) is 19.1 Å². The maximum absolute atomic E-state index is 12.0. The van der Waals surface area contributed by atoms with Crippen LogP contribution in [0.4, 0.5) is 0 Å². The standard InChI is InChI=1S/C15H28N2O3/c1-5-20-15(19)13-7-6-8-17(9-13)10-14(18)16-12(4)11(2)3/h11-13H,5-10H2,1-4H3,(H,16,18)/t12?,13-/m1/s1. The number of nitrogens with one attached hydrogen (secondary N) is 1. The third-order valence-corrected chi connectivity index (χ3v) is 3.88. The van der Waals surface area contributed by atoms with Gasteiger partial charge in [-0.3, -0.25) is 14.5 Å². The number of hydrogen-bond acceptors (Lipinski definition) is 4. The highest BCUT2D eigenvalue weighted by Gasteiger charge is 2.27. The predicted octanol–water partition coefficient (Wildman–Crippen LogP) is 1.42. The minimum absolute atomic E-state index is 0.0377. The number of carbonyl (C=O) groups excluding carboxylic acids is 2. The van der Waals surface area contributed by atoms with Crippen molar-refractivity contribution in [2.45, 2.75) is 46.6 Å². The van der Waals surface area contributed by atoms with Gasteiger partial charge >= 0.3 is 5.97 Å². The van der Waals surface area contributed by atoms with E-state index in [1.54, 1.807) is 0 Å². The molecule has 116 valence electrons. The van der Waals surface area contributed by atoms with Crippen molar-refractivity contribution in [1.82, 2.24) is 10.2 Å². The van der Waals surface area contributed by atoms with Gasteiger partial charge < -0.3 is 10.1 Å². The van der Waals surface area contributed by atoms with Gasteiger partial charge in [-0.1, -0.05) is 13.8 Å². The predicted molar refractivity (Wildman–Crippen MR) is 78.2 cm³/mol. The highest BCUT2D eigenvalue weighted by molar-refractivity contribution is 5.78. The minimum Gasteiger partial charge on any atom is -0.466 e. The molecule has 0 radical (unpaired) electrons. The molecule has 0 bridgehead atoms. The van der Waals surface area contributed by atoms with Crippen molar-refractivity contribution in [3.05, 3.63) is 0 Å². The number of ether oxygens (including phenoxy) is 1. The molecular formula is C15H28N2O3. The Labute approximate surface area is 122 Å². The molecule has 1 saturated heterocycles. The van der Waals surface area contributed by atoms with Crippen LogP contribution in [0.25, 0.3) is 0 Å². The molecule has 1 aliphatic heterocycles. The second kappa shape index (κ2) is 8.25. The first kappa shape index (κ1) is 17.0. The third-order valence-electron chi connectivity index (χ3n) is 3.88. The Morgan fingerprint density at radius 2 is 2.05 bits per heavy atom. The Balaban J connectivity index is 2.40. The van der Waals surface area contributed by atoms with Crippen LogP contribution in [0.5, 0.6) is 0 Å². The molecule has 0 aromatic rings. The van der Waals surface area contributed by atoms with E-state index in [-0.39, 0.29) is 23.8 Å². The Kier molecular flexibility index (Phi) is 6.99. The van der Waals surface area contributed by atoms with Crippen molar-refractivity contribution >= 4 is 11.9 Å². The van der Waals surface area contributed by atoms with Gasteiger partial charge in [0, 0.05) is 12.6 Å². The van der Waals surface area contributed by atoms with Crippen LogP contribution < -0.4 is 5.32 Å². The number of rotatable bonds is 6. The van der Waals surface area contributed by atoms with Crippen molar-refractivity contribution in [2.75, 3.05) is 26.2 Å². The van der Waals surface area contributed by atoms with E-state index in [4.69, 9.17) is 4.74 Å². The zero-order valence-corrected chi connectivity index (χ0v) is 13.1. The van der Waals surface area contributed by atoms with Crippen molar-refractivity contribution < 1.29 is 14.3 Å². The molecular weight excluding hydrogens is 256 g/mol. The van der Waals surface area contributed by atoms with Crippen LogP contribution in [0.15, 0.2) is 0 Å². The molecule has 0 aromatic heterocycles. The summed E-state index contributed by atoms with van der Waals surface area (Å²) in [4.78, 5) is 25.8. The fraction of sp³-hybridized carbons (Fsp3) is 0.867. The maximum Gasteiger partial charge on any atom is 0.310 e. The van der Waals surface area contributed by atoms with Gasteiger partial charge in [0.15, 0.2) is 0 Å². The number of piperidine rings is 1. The highest BCUT2D eigenvalue weighted by Crippen LogP contribution is 2.17. The molecule has 1 unspecified atom stereocenters. The molecule has 0 aromatic carbocycles. The van der Waals surface area contributed by atoms with Gasteiger partial charge in [-0.2, -0.15) is 0 Å². The average molecular weight is 284 g/mol. The summed E-state index contributed by atoms with van der Waals surface area (Å²) in [5.41, 5.74) is 0. The lowest BCUT2D eigenvalue weighted by molar-refractivity contribution is -0.150. The first-order valence-electron chi connectivity index (χ1n) is 7.62. The SMILES string of the molecule is CCOC(=O)[C@@H]1CCCN(CC(=O)NC(C)C(C)C)C1. The lowest BCUT2D eigenvalue weighted by atomic mass is 9.98. The molecule has 20 heavy (non-hydrogen) atoms. The van der Waals surface area contributed by atoms with Crippen LogP contribution in [-0.4, -0.2) is 49.1 Å². The molecule has 0 saturated carbocycles. The summed E-state index contributed by atoms with van der Waals surface area (Å²) in [6.07, 6.45) is 1.80. The molecule has 0 aliphatic carbocycles. The van der Waals surface area contributed by atoms with Crippen LogP contribution in [0.3, 0.4) is 0 Å². The Bertz CT molecular complexity index is 331. The van der Waals surface area contributed by atoms with Crippen molar-refractivity contribution in [3.8, 4) is 0 Å². The number of carbonyl (C=O) groups is 2. The lowest BCUT2D eigenvalue weighted by Crippen LogP contribution is -2.47. The maximum atomic E-state index is 12.0. The summed E-state index contributed by atoms with van der Waals surface area (Å²) in [5, 5.41) is 3.00. The fourth-order valence-corrected chi connectivity index (χ4v) is 2.32. The summed E-state index contributed by atoms with van der Waals surface area (Å²) in [5.74, 6) is 0.246. The normalized spacial score (nSPS) is 21.6. The van der Waals surface area contributed by atoms with Crippen LogP contribution >= 0.6 is 0 Å². The monoisotopic (exact) mass is 284 g/mol. The molecule has 5 nitrogen and oxygen atoms in total. The first-order chi connectivity index (χ1) is 9.43. The van der Waals surface area contributed by atoms with Crippen molar-refractivity contribution in [1.29, 1.82) is 0 Å². The molecule has 1 aliphatic rings. The molecule has 5 heteroatoms. The molecule has 0 spiro atoms. The van der Waals surface area contributed by atoms with E-state index in [2.05, 4.69) is 19.2 Å². The topological polar surface area (TPSA) is 58.6 Å². The summed E-state index contributed by atoms with van der Waals surface area (Å²) in [7, 11) is 0.